The zero-order valence-electron chi connectivity index (χ0n) is 17.9. The van der Waals surface area contributed by atoms with Crippen LogP contribution in [0, 0.1) is 25.5 Å². The molecule has 1 amide bonds. The number of hydrogen-bond acceptors (Lipinski definition) is 3. The van der Waals surface area contributed by atoms with Crippen LogP contribution in [0.1, 0.15) is 27.3 Å². The fraction of sp³-hybridized carbons (Fsp3) is 0.120. The lowest BCUT2D eigenvalue weighted by Crippen LogP contribution is -2.12. The highest BCUT2D eigenvalue weighted by Gasteiger charge is 2.12. The summed E-state index contributed by atoms with van der Waals surface area (Å²) in [6.45, 7) is 3.48. The summed E-state index contributed by atoms with van der Waals surface area (Å²) in [6.07, 6.45) is 0. The van der Waals surface area contributed by atoms with Crippen LogP contribution in [0.4, 0.5) is 14.5 Å². The first kappa shape index (κ1) is 22.5. The zero-order chi connectivity index (χ0) is 23.5. The van der Waals surface area contributed by atoms with Crippen molar-refractivity contribution in [3.63, 3.8) is 0 Å². The summed E-state index contributed by atoms with van der Waals surface area (Å²) < 4.78 is 34.6. The van der Waals surface area contributed by atoms with Gasteiger partial charge in [-0.3, -0.25) is 4.79 Å². The van der Waals surface area contributed by atoms with Gasteiger partial charge in [0.25, 0.3) is 5.91 Å². The number of anilines is 1. The van der Waals surface area contributed by atoms with Gasteiger partial charge in [0.15, 0.2) is 0 Å². The van der Waals surface area contributed by atoms with Gasteiger partial charge in [-0.25, -0.2) is 13.5 Å². The third kappa shape index (κ3) is 4.88. The van der Waals surface area contributed by atoms with Gasteiger partial charge in [-0.1, -0.05) is 17.7 Å². The van der Waals surface area contributed by atoms with Crippen molar-refractivity contribution in [2.24, 2.45) is 0 Å². The number of aryl methyl sites for hydroxylation is 1. The maximum absolute atomic E-state index is 13.7. The molecule has 0 bridgehead atoms. The normalized spacial score (nSPS) is 10.8. The first-order valence-corrected chi connectivity index (χ1v) is 10.5. The van der Waals surface area contributed by atoms with Crippen LogP contribution in [0.15, 0.2) is 66.7 Å². The average molecular weight is 468 g/mol. The first-order chi connectivity index (χ1) is 15.8. The number of rotatable bonds is 6. The second-order valence-electron chi connectivity index (χ2n) is 7.41. The van der Waals surface area contributed by atoms with Crippen molar-refractivity contribution >= 4 is 23.2 Å². The van der Waals surface area contributed by atoms with Crippen LogP contribution in [-0.2, 0) is 6.61 Å². The summed E-state index contributed by atoms with van der Waals surface area (Å²) >= 11 is 6.21. The van der Waals surface area contributed by atoms with E-state index in [-0.39, 0.29) is 18.1 Å². The van der Waals surface area contributed by atoms with Crippen molar-refractivity contribution in [1.29, 1.82) is 0 Å². The van der Waals surface area contributed by atoms with Crippen LogP contribution < -0.4 is 10.1 Å². The lowest BCUT2D eigenvalue weighted by atomic mass is 10.2. The molecule has 4 rings (SSSR count). The molecular weight excluding hydrogens is 448 g/mol. The van der Waals surface area contributed by atoms with E-state index in [1.165, 1.54) is 18.2 Å². The maximum atomic E-state index is 13.7. The van der Waals surface area contributed by atoms with Gasteiger partial charge in [0, 0.05) is 11.3 Å². The quantitative estimate of drug-likeness (QED) is 0.364. The molecule has 0 atom stereocenters. The number of nitrogens with one attached hydrogen (secondary N) is 1. The molecule has 8 heteroatoms. The third-order valence-corrected chi connectivity index (χ3v) is 5.68. The zero-order valence-corrected chi connectivity index (χ0v) is 18.7. The van der Waals surface area contributed by atoms with Crippen LogP contribution in [0.5, 0.6) is 5.75 Å². The summed E-state index contributed by atoms with van der Waals surface area (Å²) in [5.41, 5.74) is 3.29. The van der Waals surface area contributed by atoms with E-state index in [1.807, 2.05) is 26.0 Å². The van der Waals surface area contributed by atoms with Crippen LogP contribution >= 0.6 is 11.6 Å². The Morgan fingerprint density at radius 1 is 1.00 bits per heavy atom. The Morgan fingerprint density at radius 2 is 1.64 bits per heavy atom. The second kappa shape index (κ2) is 9.42. The van der Waals surface area contributed by atoms with Crippen molar-refractivity contribution in [2.75, 3.05) is 5.32 Å². The van der Waals surface area contributed by atoms with E-state index in [4.69, 9.17) is 16.3 Å². The Kier molecular flexibility index (Phi) is 6.42. The fourth-order valence-corrected chi connectivity index (χ4v) is 3.41. The average Bonchev–Trinajstić information content (AvgIpc) is 3.07. The van der Waals surface area contributed by atoms with E-state index < -0.39 is 11.6 Å². The minimum atomic E-state index is -0.669. The van der Waals surface area contributed by atoms with Gasteiger partial charge in [-0.2, -0.15) is 5.10 Å². The Labute approximate surface area is 194 Å². The van der Waals surface area contributed by atoms with Crippen LogP contribution in [0.3, 0.4) is 0 Å². The smallest absolute Gasteiger partial charge is 0.255 e. The molecule has 0 saturated carbocycles. The molecule has 168 valence electrons. The van der Waals surface area contributed by atoms with E-state index >= 15 is 0 Å². The SMILES string of the molecule is Cc1nn(-c2ccc(NC(=O)c3ccc(OCc4c(F)cccc4F)cc3)cc2)c(C)c1Cl. The molecule has 0 spiro atoms. The second-order valence-corrected chi connectivity index (χ2v) is 7.79. The number of halogens is 3. The Balaban J connectivity index is 1.39. The highest BCUT2D eigenvalue weighted by atomic mass is 35.5. The fourth-order valence-electron chi connectivity index (χ4n) is 3.29. The van der Waals surface area contributed by atoms with Gasteiger partial charge in [0.05, 0.1) is 27.7 Å². The number of aromatic nitrogens is 2. The molecule has 0 aliphatic carbocycles. The number of ether oxygens (including phenoxy) is 1. The van der Waals surface area contributed by atoms with Crippen LogP contribution in [0.25, 0.3) is 5.69 Å². The largest absolute Gasteiger partial charge is 0.489 e. The lowest BCUT2D eigenvalue weighted by Gasteiger charge is -2.10. The topological polar surface area (TPSA) is 56.2 Å². The summed E-state index contributed by atoms with van der Waals surface area (Å²) in [6, 6.07) is 17.2. The third-order valence-electron chi connectivity index (χ3n) is 5.13. The predicted molar refractivity (Wildman–Crippen MR) is 123 cm³/mol. The Morgan fingerprint density at radius 3 is 2.21 bits per heavy atom. The number of carbonyl (C=O) groups excluding carboxylic acids is 1. The van der Waals surface area contributed by atoms with E-state index in [9.17, 15) is 13.6 Å². The van der Waals surface area contributed by atoms with Gasteiger partial charge >= 0.3 is 0 Å². The molecular formula is C25H20ClF2N3O2. The first-order valence-electron chi connectivity index (χ1n) is 10.1. The molecule has 4 aromatic rings. The summed E-state index contributed by atoms with van der Waals surface area (Å²) in [7, 11) is 0. The number of benzene rings is 3. The number of hydrogen-bond donors (Lipinski definition) is 1. The molecule has 1 aromatic heterocycles. The summed E-state index contributed by atoms with van der Waals surface area (Å²) in [5.74, 6) is -1.25. The van der Waals surface area contributed by atoms with Crippen molar-refractivity contribution in [2.45, 2.75) is 20.5 Å². The van der Waals surface area contributed by atoms with Gasteiger partial charge < -0.3 is 10.1 Å². The maximum Gasteiger partial charge on any atom is 0.255 e. The van der Waals surface area contributed by atoms with Crippen molar-refractivity contribution in [1.82, 2.24) is 9.78 Å². The molecule has 0 saturated heterocycles. The lowest BCUT2D eigenvalue weighted by molar-refractivity contribution is 0.102. The van der Waals surface area contributed by atoms with Gasteiger partial charge in [0.1, 0.15) is 24.0 Å². The van der Waals surface area contributed by atoms with E-state index in [2.05, 4.69) is 10.4 Å². The molecule has 0 fully saturated rings. The van der Waals surface area contributed by atoms with E-state index in [1.54, 1.807) is 41.1 Å². The molecule has 5 nitrogen and oxygen atoms in total. The molecule has 3 aromatic carbocycles. The highest BCUT2D eigenvalue weighted by molar-refractivity contribution is 6.31. The Bertz CT molecular complexity index is 1280. The number of carbonyl (C=O) groups is 1. The number of nitrogens with zero attached hydrogens (tertiary/aromatic N) is 2. The van der Waals surface area contributed by atoms with E-state index in [0.717, 1.165) is 17.1 Å². The van der Waals surface area contributed by atoms with Crippen LogP contribution in [0.2, 0.25) is 5.02 Å². The van der Waals surface area contributed by atoms with Gasteiger partial charge in [-0.15, -0.1) is 0 Å². The minimum Gasteiger partial charge on any atom is -0.489 e. The van der Waals surface area contributed by atoms with Gasteiger partial charge in [0.2, 0.25) is 0 Å². The van der Waals surface area contributed by atoms with Gasteiger partial charge in [-0.05, 0) is 74.5 Å². The van der Waals surface area contributed by atoms with Crippen molar-refractivity contribution in [3.8, 4) is 11.4 Å². The standard InChI is InChI=1S/C25H20ClF2N3O2/c1-15-24(26)16(2)31(30-15)19-10-8-18(9-11-19)29-25(32)17-6-12-20(13-7-17)33-14-21-22(27)4-3-5-23(21)28/h3-13H,14H2,1-2H3,(H,29,32). The monoisotopic (exact) mass is 467 g/mol. The summed E-state index contributed by atoms with van der Waals surface area (Å²) in [5, 5.41) is 7.86. The van der Waals surface area contributed by atoms with E-state index in [0.29, 0.717) is 22.0 Å². The molecule has 1 heterocycles. The highest BCUT2D eigenvalue weighted by Crippen LogP contribution is 2.23. The Hall–Kier alpha value is -3.71. The van der Waals surface area contributed by atoms with Crippen molar-refractivity contribution in [3.05, 3.63) is 106 Å². The van der Waals surface area contributed by atoms with Crippen LogP contribution in [-0.4, -0.2) is 15.7 Å². The minimum absolute atomic E-state index is 0.148. The van der Waals surface area contributed by atoms with Crippen molar-refractivity contribution < 1.29 is 18.3 Å². The molecule has 1 N–H and O–H groups in total. The predicted octanol–water partition coefficient (Wildman–Crippen LogP) is 6.25. The molecule has 0 radical (unpaired) electrons. The summed E-state index contributed by atoms with van der Waals surface area (Å²) in [4.78, 5) is 12.6. The molecule has 0 unspecified atom stereocenters. The molecule has 33 heavy (non-hydrogen) atoms. The molecule has 0 aliphatic heterocycles. The molecule has 0 aliphatic rings. The number of amides is 1.